The largest absolute Gasteiger partial charge is 0.573 e. The van der Waals surface area contributed by atoms with Crippen molar-refractivity contribution in [2.45, 2.75) is 38.8 Å². The van der Waals surface area contributed by atoms with Crippen molar-refractivity contribution in [3.05, 3.63) is 77.9 Å². The van der Waals surface area contributed by atoms with E-state index in [1.165, 1.54) is 29.8 Å². The van der Waals surface area contributed by atoms with Crippen molar-refractivity contribution >= 4 is 11.4 Å². The van der Waals surface area contributed by atoms with E-state index in [1.807, 2.05) is 36.4 Å². The molecule has 0 amide bonds. The van der Waals surface area contributed by atoms with Crippen LogP contribution in [0.3, 0.4) is 0 Å². The molecule has 3 aromatic carbocycles. The number of hydrogen-bond acceptors (Lipinski definition) is 5. The van der Waals surface area contributed by atoms with E-state index in [9.17, 15) is 13.2 Å². The molecule has 0 unspecified atom stereocenters. The van der Waals surface area contributed by atoms with Gasteiger partial charge >= 0.3 is 6.36 Å². The van der Waals surface area contributed by atoms with Crippen LogP contribution in [0.2, 0.25) is 0 Å². The van der Waals surface area contributed by atoms with Gasteiger partial charge in [0.25, 0.3) is 0 Å². The van der Waals surface area contributed by atoms with Crippen LogP contribution in [0.15, 0.2) is 66.7 Å². The smallest absolute Gasteiger partial charge is 0.457 e. The molecule has 1 N–H and O–H groups in total. The third-order valence-electron chi connectivity index (χ3n) is 5.21. The van der Waals surface area contributed by atoms with Gasteiger partial charge in [-0.1, -0.05) is 32.9 Å². The fourth-order valence-corrected chi connectivity index (χ4v) is 3.49. The molecule has 1 aliphatic heterocycles. The van der Waals surface area contributed by atoms with E-state index in [0.717, 1.165) is 5.56 Å². The zero-order valence-electron chi connectivity index (χ0n) is 19.1. The summed E-state index contributed by atoms with van der Waals surface area (Å²) in [5.74, 6) is 0.933. The standard InChI is InChI=1S/C26H26F3NO4/c1-25(2,3)17-4-9-20(10-5-17)33-23-16-19(8-13-22(23)24-31-14-15-32-24)30-18-6-11-21(12-7-18)34-26(27,28)29/h4-13,16,24,30H,14-15H2,1-3H3. The van der Waals surface area contributed by atoms with Crippen molar-refractivity contribution in [1.29, 1.82) is 0 Å². The zero-order valence-corrected chi connectivity index (χ0v) is 19.1. The average molecular weight is 473 g/mol. The third-order valence-corrected chi connectivity index (χ3v) is 5.21. The number of ether oxygens (including phenoxy) is 4. The van der Waals surface area contributed by atoms with E-state index in [-0.39, 0.29) is 11.2 Å². The highest BCUT2D eigenvalue weighted by Gasteiger charge is 2.31. The maximum atomic E-state index is 12.4. The van der Waals surface area contributed by atoms with Gasteiger partial charge in [-0.25, -0.2) is 0 Å². The first-order chi connectivity index (χ1) is 16.1. The summed E-state index contributed by atoms with van der Waals surface area (Å²) in [7, 11) is 0. The molecule has 0 spiro atoms. The van der Waals surface area contributed by atoms with Gasteiger partial charge in [-0.05, 0) is 59.5 Å². The van der Waals surface area contributed by atoms with Crippen molar-refractivity contribution in [2.75, 3.05) is 18.5 Å². The monoisotopic (exact) mass is 473 g/mol. The topological polar surface area (TPSA) is 49.0 Å². The van der Waals surface area contributed by atoms with E-state index in [1.54, 1.807) is 6.07 Å². The summed E-state index contributed by atoms with van der Waals surface area (Å²) < 4.78 is 58.6. The molecule has 1 saturated heterocycles. The molecule has 5 nitrogen and oxygen atoms in total. The molecule has 0 bridgehead atoms. The first-order valence-corrected chi connectivity index (χ1v) is 10.9. The second kappa shape index (κ2) is 9.56. The quantitative estimate of drug-likeness (QED) is 0.403. The summed E-state index contributed by atoms with van der Waals surface area (Å²) in [5.41, 5.74) is 3.25. The Morgan fingerprint density at radius 3 is 1.97 bits per heavy atom. The van der Waals surface area contributed by atoms with Crippen molar-refractivity contribution in [2.24, 2.45) is 0 Å². The van der Waals surface area contributed by atoms with Crippen molar-refractivity contribution in [3.8, 4) is 17.2 Å². The van der Waals surface area contributed by atoms with E-state index in [4.69, 9.17) is 14.2 Å². The normalized spacial score (nSPS) is 14.8. The predicted molar refractivity (Wildman–Crippen MR) is 123 cm³/mol. The molecule has 8 heteroatoms. The van der Waals surface area contributed by atoms with Crippen LogP contribution in [-0.2, 0) is 14.9 Å². The molecular weight excluding hydrogens is 447 g/mol. The van der Waals surface area contributed by atoms with E-state index in [0.29, 0.717) is 36.1 Å². The van der Waals surface area contributed by atoms with Gasteiger partial charge in [-0.2, -0.15) is 0 Å². The summed E-state index contributed by atoms with van der Waals surface area (Å²) >= 11 is 0. The molecule has 1 aliphatic rings. The van der Waals surface area contributed by atoms with Crippen LogP contribution in [-0.4, -0.2) is 19.6 Å². The minimum Gasteiger partial charge on any atom is -0.457 e. The van der Waals surface area contributed by atoms with Gasteiger partial charge in [0.2, 0.25) is 0 Å². The molecule has 34 heavy (non-hydrogen) atoms. The second-order valence-corrected chi connectivity index (χ2v) is 8.90. The summed E-state index contributed by atoms with van der Waals surface area (Å²) in [6, 6.07) is 18.9. The Labute approximate surface area is 196 Å². The molecule has 0 aliphatic carbocycles. The third kappa shape index (κ3) is 6.21. The number of rotatable bonds is 6. The number of hydrogen-bond donors (Lipinski definition) is 1. The van der Waals surface area contributed by atoms with Crippen LogP contribution in [0.25, 0.3) is 0 Å². The summed E-state index contributed by atoms with van der Waals surface area (Å²) in [6.07, 6.45) is -5.26. The van der Waals surface area contributed by atoms with Gasteiger partial charge in [0.15, 0.2) is 6.29 Å². The lowest BCUT2D eigenvalue weighted by Crippen LogP contribution is -2.16. The van der Waals surface area contributed by atoms with Gasteiger partial charge in [0, 0.05) is 17.4 Å². The Morgan fingerprint density at radius 1 is 0.794 bits per heavy atom. The van der Waals surface area contributed by atoms with Gasteiger partial charge in [0.05, 0.1) is 18.8 Å². The van der Waals surface area contributed by atoms with Crippen molar-refractivity contribution in [1.82, 2.24) is 0 Å². The van der Waals surface area contributed by atoms with Crippen LogP contribution >= 0.6 is 0 Å². The second-order valence-electron chi connectivity index (χ2n) is 8.90. The maximum Gasteiger partial charge on any atom is 0.573 e. The van der Waals surface area contributed by atoms with Crippen LogP contribution < -0.4 is 14.8 Å². The number of halogens is 3. The maximum absolute atomic E-state index is 12.4. The number of benzene rings is 3. The molecule has 0 radical (unpaired) electrons. The van der Waals surface area contributed by atoms with Crippen molar-refractivity contribution < 1.29 is 32.1 Å². The fourth-order valence-electron chi connectivity index (χ4n) is 3.49. The lowest BCUT2D eigenvalue weighted by molar-refractivity contribution is -0.274. The van der Waals surface area contributed by atoms with Gasteiger partial charge in [0.1, 0.15) is 17.2 Å². The SMILES string of the molecule is CC(C)(C)c1ccc(Oc2cc(Nc3ccc(OC(F)(F)F)cc3)ccc2C2OCCO2)cc1. The summed E-state index contributed by atoms with van der Waals surface area (Å²) in [4.78, 5) is 0. The minimum absolute atomic E-state index is 0.0275. The van der Waals surface area contributed by atoms with Gasteiger partial charge in [-0.3, -0.25) is 0 Å². The highest BCUT2D eigenvalue weighted by molar-refractivity contribution is 5.63. The Kier molecular flexibility index (Phi) is 6.72. The molecule has 0 aromatic heterocycles. The molecular formula is C26H26F3NO4. The lowest BCUT2D eigenvalue weighted by atomic mass is 9.87. The molecule has 1 fully saturated rings. The van der Waals surface area contributed by atoms with E-state index < -0.39 is 12.7 Å². The molecule has 3 aromatic rings. The van der Waals surface area contributed by atoms with Crippen LogP contribution in [0.1, 0.15) is 38.2 Å². The van der Waals surface area contributed by atoms with E-state index in [2.05, 4.69) is 30.8 Å². The highest BCUT2D eigenvalue weighted by Crippen LogP contribution is 2.37. The summed E-state index contributed by atoms with van der Waals surface area (Å²) in [6.45, 7) is 7.43. The number of nitrogens with one attached hydrogen (secondary N) is 1. The van der Waals surface area contributed by atoms with E-state index >= 15 is 0 Å². The van der Waals surface area contributed by atoms with Crippen LogP contribution in [0, 0.1) is 0 Å². The average Bonchev–Trinajstić information content (AvgIpc) is 3.29. The van der Waals surface area contributed by atoms with Crippen LogP contribution in [0.5, 0.6) is 17.2 Å². The molecule has 1 heterocycles. The Morgan fingerprint density at radius 2 is 1.38 bits per heavy atom. The van der Waals surface area contributed by atoms with Gasteiger partial charge in [-0.15, -0.1) is 13.2 Å². The number of anilines is 2. The highest BCUT2D eigenvalue weighted by atomic mass is 19.4. The lowest BCUT2D eigenvalue weighted by Gasteiger charge is -2.20. The summed E-state index contributed by atoms with van der Waals surface area (Å²) in [5, 5.41) is 3.17. The predicted octanol–water partition coefficient (Wildman–Crippen LogP) is 7.46. The minimum atomic E-state index is -4.73. The Bertz CT molecular complexity index is 1100. The first kappa shape index (κ1) is 23.9. The molecule has 0 atom stereocenters. The Balaban J connectivity index is 1.56. The Hall–Kier alpha value is -3.23. The van der Waals surface area contributed by atoms with Crippen molar-refractivity contribution in [3.63, 3.8) is 0 Å². The zero-order chi connectivity index (χ0) is 24.3. The first-order valence-electron chi connectivity index (χ1n) is 10.9. The molecule has 0 saturated carbocycles. The van der Waals surface area contributed by atoms with Crippen LogP contribution in [0.4, 0.5) is 24.5 Å². The number of alkyl halides is 3. The molecule has 4 rings (SSSR count). The molecule has 180 valence electrons. The van der Waals surface area contributed by atoms with Gasteiger partial charge < -0.3 is 24.3 Å². The fraction of sp³-hybridized carbons (Fsp3) is 0.308.